The number of amides is 2. The second-order valence-electron chi connectivity index (χ2n) is 6.27. The predicted octanol–water partition coefficient (Wildman–Crippen LogP) is 5.33. The maximum Gasteiger partial charge on any atom is 0.291 e. The first kappa shape index (κ1) is 19.7. The standard InChI is InChI=1S/C21H19BrN2O4/c1-13(2)28-18-9-8-14(22)11-17(18)20(25)23-15-5-3-6-16(12-15)24-21(26)19-7-4-10-27-19/h3-13H,1-2H3,(H,23,25)(H,24,26). The fraction of sp³-hybridized carbons (Fsp3) is 0.143. The number of benzene rings is 2. The summed E-state index contributed by atoms with van der Waals surface area (Å²) >= 11 is 3.38. The maximum atomic E-state index is 12.8. The van der Waals surface area contributed by atoms with Crippen molar-refractivity contribution in [2.45, 2.75) is 20.0 Å². The van der Waals surface area contributed by atoms with E-state index < -0.39 is 0 Å². The summed E-state index contributed by atoms with van der Waals surface area (Å²) in [6.07, 6.45) is 1.37. The fourth-order valence-corrected chi connectivity index (χ4v) is 2.87. The molecule has 0 saturated carbocycles. The summed E-state index contributed by atoms with van der Waals surface area (Å²) in [6.45, 7) is 3.80. The van der Waals surface area contributed by atoms with Gasteiger partial charge in [-0.25, -0.2) is 0 Å². The highest BCUT2D eigenvalue weighted by Gasteiger charge is 2.15. The van der Waals surface area contributed by atoms with E-state index in [1.165, 1.54) is 6.26 Å². The van der Waals surface area contributed by atoms with Gasteiger partial charge in [0.2, 0.25) is 0 Å². The van der Waals surface area contributed by atoms with Crippen molar-refractivity contribution in [1.29, 1.82) is 0 Å². The van der Waals surface area contributed by atoms with Crippen LogP contribution >= 0.6 is 15.9 Å². The summed E-state index contributed by atoms with van der Waals surface area (Å²) < 4.78 is 11.6. The Hall–Kier alpha value is -3.06. The van der Waals surface area contributed by atoms with Crippen LogP contribution in [-0.4, -0.2) is 17.9 Å². The average molecular weight is 443 g/mol. The molecule has 1 heterocycles. The number of hydrogen-bond donors (Lipinski definition) is 2. The third kappa shape index (κ3) is 5.01. The smallest absolute Gasteiger partial charge is 0.291 e. The van der Waals surface area contributed by atoms with Gasteiger partial charge in [-0.3, -0.25) is 9.59 Å². The largest absolute Gasteiger partial charge is 0.490 e. The molecule has 0 aliphatic carbocycles. The Bertz CT molecular complexity index is 984. The highest BCUT2D eigenvalue weighted by molar-refractivity contribution is 9.10. The molecule has 2 amide bonds. The number of anilines is 2. The lowest BCUT2D eigenvalue weighted by Crippen LogP contribution is -2.16. The molecule has 0 spiro atoms. The molecule has 7 heteroatoms. The highest BCUT2D eigenvalue weighted by Crippen LogP contribution is 2.26. The van der Waals surface area contributed by atoms with E-state index in [1.807, 2.05) is 19.9 Å². The summed E-state index contributed by atoms with van der Waals surface area (Å²) in [5.74, 6) is 0.0246. The zero-order valence-corrected chi connectivity index (χ0v) is 16.9. The Morgan fingerprint density at radius 3 is 2.32 bits per heavy atom. The van der Waals surface area contributed by atoms with Gasteiger partial charge < -0.3 is 19.8 Å². The Kier molecular flexibility index (Phi) is 6.16. The molecular weight excluding hydrogens is 424 g/mol. The molecule has 3 rings (SSSR count). The van der Waals surface area contributed by atoms with Crippen LogP contribution < -0.4 is 15.4 Å². The number of furan rings is 1. The van der Waals surface area contributed by atoms with Gasteiger partial charge in [0.1, 0.15) is 5.75 Å². The van der Waals surface area contributed by atoms with Crippen molar-refractivity contribution in [3.05, 3.63) is 76.7 Å². The number of carbonyl (C=O) groups is 2. The van der Waals surface area contributed by atoms with E-state index in [4.69, 9.17) is 9.15 Å². The fourth-order valence-electron chi connectivity index (χ4n) is 2.51. The lowest BCUT2D eigenvalue weighted by atomic mass is 10.1. The van der Waals surface area contributed by atoms with E-state index in [0.29, 0.717) is 22.7 Å². The molecule has 2 N–H and O–H groups in total. The van der Waals surface area contributed by atoms with Gasteiger partial charge >= 0.3 is 0 Å². The topological polar surface area (TPSA) is 80.6 Å². The second kappa shape index (κ2) is 8.75. The van der Waals surface area contributed by atoms with Crippen molar-refractivity contribution in [1.82, 2.24) is 0 Å². The number of halogens is 1. The normalized spacial score (nSPS) is 10.6. The van der Waals surface area contributed by atoms with Gasteiger partial charge in [0.25, 0.3) is 11.8 Å². The molecule has 28 heavy (non-hydrogen) atoms. The molecular formula is C21H19BrN2O4. The van der Waals surface area contributed by atoms with Gasteiger partial charge in [0, 0.05) is 15.8 Å². The van der Waals surface area contributed by atoms with Crippen LogP contribution in [0.15, 0.2) is 69.8 Å². The first-order valence-corrected chi connectivity index (χ1v) is 9.44. The van der Waals surface area contributed by atoms with Crippen LogP contribution in [0.5, 0.6) is 5.75 Å². The molecule has 0 aliphatic heterocycles. The summed E-state index contributed by atoms with van der Waals surface area (Å²) in [5, 5.41) is 5.56. The summed E-state index contributed by atoms with van der Waals surface area (Å²) in [5.41, 5.74) is 1.48. The second-order valence-corrected chi connectivity index (χ2v) is 7.19. The minimum atomic E-state index is -0.368. The van der Waals surface area contributed by atoms with Crippen LogP contribution in [0.1, 0.15) is 34.8 Å². The van der Waals surface area contributed by atoms with Gasteiger partial charge in [-0.2, -0.15) is 0 Å². The quantitative estimate of drug-likeness (QED) is 0.540. The lowest BCUT2D eigenvalue weighted by Gasteiger charge is -2.15. The first-order valence-electron chi connectivity index (χ1n) is 8.65. The van der Waals surface area contributed by atoms with Crippen molar-refractivity contribution < 1.29 is 18.7 Å². The van der Waals surface area contributed by atoms with Crippen molar-refractivity contribution in [2.24, 2.45) is 0 Å². The number of nitrogens with one attached hydrogen (secondary N) is 2. The van der Waals surface area contributed by atoms with Crippen molar-refractivity contribution >= 4 is 39.1 Å². The number of rotatable bonds is 6. The molecule has 144 valence electrons. The number of hydrogen-bond acceptors (Lipinski definition) is 4. The molecule has 0 unspecified atom stereocenters. The van der Waals surface area contributed by atoms with E-state index in [0.717, 1.165) is 4.47 Å². The van der Waals surface area contributed by atoms with Crippen LogP contribution in [0.2, 0.25) is 0 Å². The van der Waals surface area contributed by atoms with Crippen molar-refractivity contribution in [2.75, 3.05) is 10.6 Å². The van der Waals surface area contributed by atoms with Crippen LogP contribution in [0.25, 0.3) is 0 Å². The maximum absolute atomic E-state index is 12.8. The van der Waals surface area contributed by atoms with Gasteiger partial charge in [-0.15, -0.1) is 0 Å². The van der Waals surface area contributed by atoms with Gasteiger partial charge in [0.05, 0.1) is 17.9 Å². The zero-order valence-electron chi connectivity index (χ0n) is 15.4. The molecule has 0 fully saturated rings. The molecule has 0 aliphatic rings. The first-order chi connectivity index (χ1) is 13.4. The molecule has 0 saturated heterocycles. The van der Waals surface area contributed by atoms with Crippen molar-refractivity contribution in [3.63, 3.8) is 0 Å². The Labute approximate surface area is 171 Å². The Balaban J connectivity index is 1.76. The van der Waals surface area contributed by atoms with Crippen LogP contribution in [0.4, 0.5) is 11.4 Å². The molecule has 6 nitrogen and oxygen atoms in total. The van der Waals surface area contributed by atoms with E-state index in [1.54, 1.807) is 48.5 Å². The van der Waals surface area contributed by atoms with E-state index in [-0.39, 0.29) is 23.7 Å². The van der Waals surface area contributed by atoms with E-state index in [2.05, 4.69) is 26.6 Å². The monoisotopic (exact) mass is 442 g/mol. The van der Waals surface area contributed by atoms with E-state index >= 15 is 0 Å². The predicted molar refractivity (Wildman–Crippen MR) is 111 cm³/mol. The van der Waals surface area contributed by atoms with Crippen molar-refractivity contribution in [3.8, 4) is 5.75 Å². The molecule has 1 aromatic heterocycles. The van der Waals surface area contributed by atoms with Crippen LogP contribution in [-0.2, 0) is 0 Å². The summed E-state index contributed by atoms with van der Waals surface area (Å²) in [7, 11) is 0. The third-order valence-corrected chi connectivity index (χ3v) is 4.17. The molecule has 3 aromatic rings. The van der Waals surface area contributed by atoms with Crippen LogP contribution in [0, 0.1) is 0 Å². The van der Waals surface area contributed by atoms with E-state index in [9.17, 15) is 9.59 Å². The summed E-state index contributed by atoms with van der Waals surface area (Å²) in [6, 6.07) is 15.3. The van der Waals surface area contributed by atoms with Gasteiger partial charge in [-0.1, -0.05) is 22.0 Å². The lowest BCUT2D eigenvalue weighted by molar-refractivity contribution is 0.0994. The minimum absolute atomic E-state index is 0.0622. The average Bonchev–Trinajstić information content (AvgIpc) is 3.18. The highest BCUT2D eigenvalue weighted by atomic mass is 79.9. The number of ether oxygens (including phenoxy) is 1. The molecule has 2 aromatic carbocycles. The van der Waals surface area contributed by atoms with Gasteiger partial charge in [-0.05, 0) is 62.4 Å². The zero-order chi connectivity index (χ0) is 20.1. The third-order valence-electron chi connectivity index (χ3n) is 3.67. The van der Waals surface area contributed by atoms with Crippen LogP contribution in [0.3, 0.4) is 0 Å². The summed E-state index contributed by atoms with van der Waals surface area (Å²) in [4.78, 5) is 24.9. The SMILES string of the molecule is CC(C)Oc1ccc(Br)cc1C(=O)Nc1cccc(NC(=O)c2ccco2)c1. The number of carbonyl (C=O) groups excluding carboxylic acids is 2. The molecule has 0 radical (unpaired) electrons. The minimum Gasteiger partial charge on any atom is -0.490 e. The Morgan fingerprint density at radius 1 is 0.964 bits per heavy atom. The Morgan fingerprint density at radius 2 is 1.68 bits per heavy atom. The molecule has 0 atom stereocenters. The molecule has 0 bridgehead atoms. The van der Waals surface area contributed by atoms with Gasteiger partial charge in [0.15, 0.2) is 5.76 Å².